The van der Waals surface area contributed by atoms with E-state index in [0.29, 0.717) is 51.0 Å². The van der Waals surface area contributed by atoms with Crippen molar-refractivity contribution < 1.29 is 43.6 Å². The van der Waals surface area contributed by atoms with E-state index in [-0.39, 0.29) is 33.8 Å². The third-order valence-corrected chi connectivity index (χ3v) is 10.9. The van der Waals surface area contributed by atoms with E-state index in [4.69, 9.17) is 42.1 Å². The van der Waals surface area contributed by atoms with Gasteiger partial charge in [0.25, 0.3) is 0 Å². The van der Waals surface area contributed by atoms with Crippen molar-refractivity contribution in [3.8, 4) is 17.2 Å². The highest BCUT2D eigenvalue weighted by Gasteiger charge is 2.29. The molecule has 1 unspecified atom stereocenters. The Morgan fingerprint density at radius 3 is 2.29 bits per heavy atom. The topological polar surface area (TPSA) is 134 Å². The Labute approximate surface area is 311 Å². The summed E-state index contributed by atoms with van der Waals surface area (Å²) < 4.78 is 23.2. The lowest BCUT2D eigenvalue weighted by atomic mass is 9.85. The van der Waals surface area contributed by atoms with E-state index < -0.39 is 23.9 Å². The second-order valence-corrected chi connectivity index (χ2v) is 14.4. The molecule has 1 aliphatic rings. The maximum atomic E-state index is 13.7. The van der Waals surface area contributed by atoms with E-state index in [0.717, 1.165) is 42.0 Å². The van der Waals surface area contributed by atoms with Crippen molar-refractivity contribution in [2.75, 3.05) is 48.1 Å². The fraction of sp³-hybridized carbons (Fsp3) is 0.378. The quantitative estimate of drug-likeness (QED) is 0.0964. The molecule has 2 aromatic carbocycles. The Bertz CT molecular complexity index is 1820. The van der Waals surface area contributed by atoms with Crippen LogP contribution in [0.4, 0.5) is 0 Å². The number of ether oxygens (including phenoxy) is 4. The van der Waals surface area contributed by atoms with Crippen molar-refractivity contribution in [3.05, 3.63) is 103 Å². The van der Waals surface area contributed by atoms with Crippen LogP contribution in [0.2, 0.25) is 10.0 Å². The summed E-state index contributed by atoms with van der Waals surface area (Å²) in [6, 6.07) is 13.4. The first-order valence-electron chi connectivity index (χ1n) is 16.4. The number of aromatic nitrogens is 1. The number of carbonyl (C=O) groups excluding carboxylic acids is 2. The van der Waals surface area contributed by atoms with Crippen LogP contribution in [0.15, 0.2) is 60.9 Å². The van der Waals surface area contributed by atoms with Crippen molar-refractivity contribution in [1.82, 2.24) is 10.2 Å². The molecular formula is C37H41Cl2N3O8S. The number of nitrogens with zero attached hydrogens (tertiary/aromatic N) is 2. The maximum Gasteiger partial charge on any atom is 0.327 e. The van der Waals surface area contributed by atoms with Crippen LogP contribution in [-0.2, 0) is 22.5 Å². The van der Waals surface area contributed by atoms with E-state index >= 15 is 0 Å². The molecule has 1 fully saturated rings. The molecular weight excluding hydrogens is 717 g/mol. The molecule has 1 saturated heterocycles. The SMILES string of the molecule is COc1ccc([C@H](Cc2c(Cl)c[n+](O)cc2Cl)c2cc(CNC(C(=O)OCC3CCN(C)CC3)c3ccccc3OC)sc2C(=O)[O-])cc1OC. The van der Waals surface area contributed by atoms with Crippen LogP contribution < -0.4 is 29.4 Å². The summed E-state index contributed by atoms with van der Waals surface area (Å²) in [6.45, 7) is 2.34. The van der Waals surface area contributed by atoms with Gasteiger partial charge in [-0.3, -0.25) is 10.5 Å². The molecule has 51 heavy (non-hydrogen) atoms. The second-order valence-electron chi connectivity index (χ2n) is 12.4. The summed E-state index contributed by atoms with van der Waals surface area (Å²) in [5, 5.41) is 26.4. The normalized spacial score (nSPS) is 14.9. The van der Waals surface area contributed by atoms with Gasteiger partial charge in [-0.05, 0) is 80.7 Å². The molecule has 5 rings (SSSR count). The van der Waals surface area contributed by atoms with E-state index in [2.05, 4.69) is 17.3 Å². The van der Waals surface area contributed by atoms with Gasteiger partial charge >= 0.3 is 5.97 Å². The smallest absolute Gasteiger partial charge is 0.327 e. The van der Waals surface area contributed by atoms with Crippen molar-refractivity contribution in [2.45, 2.75) is 37.8 Å². The van der Waals surface area contributed by atoms with Crippen LogP contribution in [0.25, 0.3) is 0 Å². The van der Waals surface area contributed by atoms with Crippen LogP contribution in [0.5, 0.6) is 17.2 Å². The number of aromatic carboxylic acids is 1. The number of likely N-dealkylation sites (tertiary alicyclic amines) is 1. The van der Waals surface area contributed by atoms with Crippen LogP contribution in [0.3, 0.4) is 0 Å². The number of esters is 1. The Hall–Kier alpha value is -4.07. The molecule has 2 aromatic heterocycles. The largest absolute Gasteiger partial charge is 0.544 e. The zero-order valence-corrected chi connectivity index (χ0v) is 31.1. The number of carboxylic acid groups (broad SMARTS) is 1. The number of piperidine rings is 1. The molecule has 0 amide bonds. The third-order valence-electron chi connectivity index (χ3n) is 9.12. The van der Waals surface area contributed by atoms with Crippen LogP contribution >= 0.6 is 34.5 Å². The molecule has 14 heteroatoms. The number of methoxy groups -OCH3 is 3. The van der Waals surface area contributed by atoms with E-state index in [1.807, 2.05) is 18.2 Å². The molecule has 11 nitrogen and oxygen atoms in total. The van der Waals surface area contributed by atoms with Crippen molar-refractivity contribution >= 4 is 46.5 Å². The van der Waals surface area contributed by atoms with E-state index in [1.54, 1.807) is 30.3 Å². The van der Waals surface area contributed by atoms with Crippen LogP contribution in [-0.4, -0.2) is 70.1 Å². The Kier molecular flexibility index (Phi) is 13.0. The number of carboxylic acids is 1. The number of hydrogen-bond donors (Lipinski definition) is 2. The summed E-state index contributed by atoms with van der Waals surface area (Å²) in [6.07, 6.45) is 4.68. The minimum Gasteiger partial charge on any atom is -0.544 e. The first kappa shape index (κ1) is 38.2. The number of benzene rings is 2. The van der Waals surface area contributed by atoms with Crippen LogP contribution in [0, 0.1) is 5.92 Å². The Morgan fingerprint density at radius 2 is 1.65 bits per heavy atom. The minimum absolute atomic E-state index is 0.00525. The fourth-order valence-corrected chi connectivity index (χ4v) is 7.93. The molecule has 1 aliphatic heterocycles. The van der Waals surface area contributed by atoms with Gasteiger partial charge in [-0.15, -0.1) is 11.3 Å². The molecule has 0 saturated carbocycles. The minimum atomic E-state index is -1.36. The molecule has 4 aromatic rings. The monoisotopic (exact) mass is 757 g/mol. The highest BCUT2D eigenvalue weighted by Crippen LogP contribution is 2.41. The number of carbonyl (C=O) groups is 2. The molecule has 0 radical (unpaired) electrons. The predicted molar refractivity (Wildman–Crippen MR) is 191 cm³/mol. The molecule has 0 spiro atoms. The average molecular weight is 759 g/mol. The highest BCUT2D eigenvalue weighted by molar-refractivity contribution is 7.14. The number of thiophene rings is 1. The average Bonchev–Trinajstić information content (AvgIpc) is 3.55. The standard InChI is InChI=1S/C37H41Cl2N3O8S/c1-41-13-11-22(12-14-41)21-50-37(45)34(25-7-5-6-8-31(25)47-2)40-18-24-16-27(35(51-24)36(43)44)26(17-28-29(38)19-42(46)20-30(28)39)23-9-10-32(48-3)33(15-23)49-4/h5-10,15-16,19-20,22,26,34,40H,11-14,17-18,21H2,1-4H3,(H-,43,44,46)/t26-,34?/m0/s1. The summed E-state index contributed by atoms with van der Waals surface area (Å²) in [7, 11) is 6.66. The van der Waals surface area contributed by atoms with Gasteiger partial charge in [0, 0.05) is 33.2 Å². The second kappa shape index (κ2) is 17.4. The molecule has 272 valence electrons. The Morgan fingerprint density at radius 1 is 0.980 bits per heavy atom. The lowest BCUT2D eigenvalue weighted by Gasteiger charge is -2.29. The van der Waals surface area contributed by atoms with Crippen molar-refractivity contribution in [3.63, 3.8) is 0 Å². The summed E-state index contributed by atoms with van der Waals surface area (Å²) in [5.74, 6) is -0.671. The van der Waals surface area contributed by atoms with Crippen molar-refractivity contribution in [2.24, 2.45) is 5.92 Å². The summed E-state index contributed by atoms with van der Waals surface area (Å²) in [5.41, 5.74) is 2.26. The van der Waals surface area contributed by atoms with E-state index in [9.17, 15) is 19.9 Å². The molecule has 0 aliphatic carbocycles. The van der Waals surface area contributed by atoms with Gasteiger partial charge < -0.3 is 33.7 Å². The predicted octanol–water partition coefficient (Wildman–Crippen LogP) is 5.06. The Balaban J connectivity index is 1.49. The fourth-order valence-electron chi connectivity index (χ4n) is 6.32. The van der Waals surface area contributed by atoms with Crippen LogP contribution in [0.1, 0.15) is 61.6 Å². The zero-order chi connectivity index (χ0) is 36.7. The molecule has 2 atom stereocenters. The zero-order valence-electron chi connectivity index (χ0n) is 28.8. The van der Waals surface area contributed by atoms with Crippen molar-refractivity contribution in [1.29, 1.82) is 0 Å². The number of halogens is 2. The van der Waals surface area contributed by atoms with Gasteiger partial charge in [-0.2, -0.15) is 0 Å². The maximum absolute atomic E-state index is 13.7. The third kappa shape index (κ3) is 9.24. The number of rotatable bonds is 15. The molecule has 2 N–H and O–H groups in total. The van der Waals surface area contributed by atoms with E-state index in [1.165, 1.54) is 33.7 Å². The lowest BCUT2D eigenvalue weighted by molar-refractivity contribution is -0.904. The number of hydrogen-bond acceptors (Lipinski definition) is 11. The number of nitrogens with one attached hydrogen (secondary N) is 1. The first-order chi connectivity index (χ1) is 24.5. The lowest BCUT2D eigenvalue weighted by Crippen LogP contribution is -2.34. The molecule has 3 heterocycles. The van der Waals surface area contributed by atoms with Gasteiger partial charge in [-0.1, -0.05) is 47.5 Å². The number of pyridine rings is 1. The number of para-hydroxylation sites is 1. The summed E-state index contributed by atoms with van der Waals surface area (Å²) >= 11 is 14.1. The highest BCUT2D eigenvalue weighted by atomic mass is 35.5. The first-order valence-corrected chi connectivity index (χ1v) is 18.0. The van der Waals surface area contributed by atoms with Gasteiger partial charge in [0.2, 0.25) is 12.4 Å². The van der Waals surface area contributed by atoms with Gasteiger partial charge in [0.15, 0.2) is 11.5 Å². The van der Waals surface area contributed by atoms with Gasteiger partial charge in [-0.25, -0.2) is 4.79 Å². The van der Waals surface area contributed by atoms with Gasteiger partial charge in [0.1, 0.15) is 21.8 Å². The van der Waals surface area contributed by atoms with Gasteiger partial charge in [0.05, 0.1) is 38.8 Å². The summed E-state index contributed by atoms with van der Waals surface area (Å²) in [4.78, 5) is 29.3. The molecule has 0 bridgehead atoms.